The third-order valence-electron chi connectivity index (χ3n) is 2.99. The third kappa shape index (κ3) is 2.96. The minimum absolute atomic E-state index is 0.833. The second kappa shape index (κ2) is 5.17. The Balaban J connectivity index is 1.72. The van der Waals surface area contributed by atoms with Gasteiger partial charge in [-0.3, -0.25) is 0 Å². The number of benzene rings is 1. The highest BCUT2D eigenvalue weighted by Crippen LogP contribution is 2.14. The zero-order chi connectivity index (χ0) is 10.5. The lowest BCUT2D eigenvalue weighted by atomic mass is 10.0. The quantitative estimate of drug-likeness (QED) is 0.796. The summed E-state index contributed by atoms with van der Waals surface area (Å²) in [6.45, 7) is 5.34. The molecule has 1 heterocycles. The van der Waals surface area contributed by atoms with Gasteiger partial charge in [0.05, 0.1) is 6.61 Å². The summed E-state index contributed by atoms with van der Waals surface area (Å²) in [5.74, 6) is 1.83. The molecule has 1 aromatic rings. The van der Waals surface area contributed by atoms with Crippen LogP contribution in [0.3, 0.4) is 0 Å². The van der Waals surface area contributed by atoms with E-state index in [1.54, 1.807) is 0 Å². The van der Waals surface area contributed by atoms with Crippen LogP contribution in [0.4, 0.5) is 0 Å². The van der Waals surface area contributed by atoms with Gasteiger partial charge in [-0.1, -0.05) is 19.1 Å². The molecule has 2 heteroatoms. The Hall–Kier alpha value is -1.02. The van der Waals surface area contributed by atoms with Gasteiger partial charge in [0.15, 0.2) is 0 Å². The molecule has 0 aromatic heterocycles. The van der Waals surface area contributed by atoms with Crippen LogP contribution in [-0.4, -0.2) is 19.7 Å². The van der Waals surface area contributed by atoms with E-state index >= 15 is 0 Å². The normalized spacial score (nSPS) is 16.1. The van der Waals surface area contributed by atoms with Crippen LogP contribution in [0.5, 0.6) is 5.75 Å². The summed E-state index contributed by atoms with van der Waals surface area (Å²) in [7, 11) is 0. The van der Waals surface area contributed by atoms with Gasteiger partial charge in [-0.25, -0.2) is 0 Å². The van der Waals surface area contributed by atoms with Crippen LogP contribution in [-0.2, 0) is 6.42 Å². The van der Waals surface area contributed by atoms with Crippen LogP contribution in [0.2, 0.25) is 0 Å². The molecule has 2 nitrogen and oxygen atoms in total. The SMILES string of the molecule is CCc1ccc(OCCC2CNC2)cc1. The van der Waals surface area contributed by atoms with Gasteiger partial charge >= 0.3 is 0 Å². The van der Waals surface area contributed by atoms with E-state index in [-0.39, 0.29) is 0 Å². The molecular weight excluding hydrogens is 186 g/mol. The molecule has 0 amide bonds. The fourth-order valence-electron chi connectivity index (χ4n) is 1.72. The number of rotatable bonds is 5. The Kier molecular flexibility index (Phi) is 3.62. The highest BCUT2D eigenvalue weighted by Gasteiger charge is 2.15. The van der Waals surface area contributed by atoms with Crippen LogP contribution >= 0.6 is 0 Å². The summed E-state index contributed by atoms with van der Waals surface area (Å²) in [4.78, 5) is 0. The summed E-state index contributed by atoms with van der Waals surface area (Å²) < 4.78 is 5.68. The summed E-state index contributed by atoms with van der Waals surface area (Å²) in [5, 5.41) is 3.27. The van der Waals surface area contributed by atoms with Crippen molar-refractivity contribution in [3.63, 3.8) is 0 Å². The van der Waals surface area contributed by atoms with Gasteiger partial charge in [0, 0.05) is 0 Å². The predicted octanol–water partition coefficient (Wildman–Crippen LogP) is 2.24. The van der Waals surface area contributed by atoms with Gasteiger partial charge in [-0.15, -0.1) is 0 Å². The zero-order valence-corrected chi connectivity index (χ0v) is 9.33. The van der Waals surface area contributed by atoms with E-state index in [2.05, 4.69) is 36.5 Å². The first kappa shape index (κ1) is 10.5. The first-order valence-corrected chi connectivity index (χ1v) is 5.81. The lowest BCUT2D eigenvalue weighted by Gasteiger charge is -2.26. The van der Waals surface area contributed by atoms with Gasteiger partial charge in [0.1, 0.15) is 5.75 Å². The third-order valence-corrected chi connectivity index (χ3v) is 2.99. The predicted molar refractivity (Wildman–Crippen MR) is 62.3 cm³/mol. The van der Waals surface area contributed by atoms with Crippen LogP contribution < -0.4 is 10.1 Å². The fraction of sp³-hybridized carbons (Fsp3) is 0.538. The molecule has 1 fully saturated rings. The van der Waals surface area contributed by atoms with Gasteiger partial charge in [-0.2, -0.15) is 0 Å². The van der Waals surface area contributed by atoms with Crippen molar-refractivity contribution in [1.29, 1.82) is 0 Å². The molecule has 0 bridgehead atoms. The van der Waals surface area contributed by atoms with Crippen molar-refractivity contribution in [1.82, 2.24) is 5.32 Å². The molecule has 0 radical (unpaired) electrons. The highest BCUT2D eigenvalue weighted by molar-refractivity contribution is 5.27. The Morgan fingerprint density at radius 2 is 2.00 bits per heavy atom. The molecule has 1 saturated heterocycles. The summed E-state index contributed by atoms with van der Waals surface area (Å²) >= 11 is 0. The minimum Gasteiger partial charge on any atom is -0.494 e. The number of aryl methyl sites for hydroxylation is 1. The van der Waals surface area contributed by atoms with Crippen LogP contribution in [0.1, 0.15) is 18.9 Å². The molecule has 0 unspecified atom stereocenters. The molecule has 0 saturated carbocycles. The van der Waals surface area contributed by atoms with Gasteiger partial charge in [-0.05, 0) is 49.5 Å². The standard InChI is InChI=1S/C13H19NO/c1-2-11-3-5-13(6-4-11)15-8-7-12-9-14-10-12/h3-6,12,14H,2,7-10H2,1H3. The molecule has 15 heavy (non-hydrogen) atoms. The topological polar surface area (TPSA) is 21.3 Å². The largest absolute Gasteiger partial charge is 0.494 e. The molecule has 1 aliphatic rings. The van der Waals surface area contributed by atoms with Gasteiger partial charge in [0.2, 0.25) is 0 Å². The van der Waals surface area contributed by atoms with Crippen molar-refractivity contribution in [2.75, 3.05) is 19.7 Å². The summed E-state index contributed by atoms with van der Waals surface area (Å²) in [6, 6.07) is 8.41. The molecular formula is C13H19NO. The summed E-state index contributed by atoms with van der Waals surface area (Å²) in [6.07, 6.45) is 2.26. The van der Waals surface area contributed by atoms with Crippen molar-refractivity contribution in [2.24, 2.45) is 5.92 Å². The number of nitrogens with one attached hydrogen (secondary N) is 1. The van der Waals surface area contributed by atoms with E-state index in [1.807, 2.05) is 0 Å². The van der Waals surface area contributed by atoms with Crippen molar-refractivity contribution in [2.45, 2.75) is 19.8 Å². The smallest absolute Gasteiger partial charge is 0.119 e. The summed E-state index contributed by atoms with van der Waals surface area (Å²) in [5.41, 5.74) is 1.37. The molecule has 1 aromatic carbocycles. The molecule has 0 aliphatic carbocycles. The Morgan fingerprint density at radius 3 is 2.53 bits per heavy atom. The Morgan fingerprint density at radius 1 is 1.27 bits per heavy atom. The highest BCUT2D eigenvalue weighted by atomic mass is 16.5. The lowest BCUT2D eigenvalue weighted by molar-refractivity contribution is 0.238. The van der Waals surface area contributed by atoms with E-state index in [0.717, 1.165) is 37.8 Å². The van der Waals surface area contributed by atoms with E-state index in [1.165, 1.54) is 12.0 Å². The fourth-order valence-corrected chi connectivity index (χ4v) is 1.72. The van der Waals surface area contributed by atoms with Gasteiger partial charge < -0.3 is 10.1 Å². The first-order valence-electron chi connectivity index (χ1n) is 5.81. The van der Waals surface area contributed by atoms with E-state index < -0.39 is 0 Å². The maximum absolute atomic E-state index is 5.68. The van der Waals surface area contributed by atoms with Gasteiger partial charge in [0.25, 0.3) is 0 Å². The average Bonchev–Trinajstić information content (AvgIpc) is 2.23. The number of hydrogen-bond donors (Lipinski definition) is 1. The number of ether oxygens (including phenoxy) is 1. The molecule has 0 atom stereocenters. The van der Waals surface area contributed by atoms with Crippen molar-refractivity contribution in [3.05, 3.63) is 29.8 Å². The molecule has 82 valence electrons. The lowest BCUT2D eigenvalue weighted by Crippen LogP contribution is -2.42. The first-order chi connectivity index (χ1) is 7.38. The monoisotopic (exact) mass is 205 g/mol. The van der Waals surface area contributed by atoms with Crippen LogP contribution in [0.25, 0.3) is 0 Å². The maximum atomic E-state index is 5.68. The van der Waals surface area contributed by atoms with Crippen molar-refractivity contribution in [3.8, 4) is 5.75 Å². The van der Waals surface area contributed by atoms with E-state index in [9.17, 15) is 0 Å². The molecule has 1 aliphatic heterocycles. The van der Waals surface area contributed by atoms with Crippen LogP contribution in [0.15, 0.2) is 24.3 Å². The number of hydrogen-bond acceptors (Lipinski definition) is 2. The second-order valence-corrected chi connectivity index (χ2v) is 4.16. The van der Waals surface area contributed by atoms with E-state index in [0.29, 0.717) is 0 Å². The van der Waals surface area contributed by atoms with E-state index in [4.69, 9.17) is 4.74 Å². The van der Waals surface area contributed by atoms with Crippen molar-refractivity contribution >= 4 is 0 Å². The van der Waals surface area contributed by atoms with Crippen molar-refractivity contribution < 1.29 is 4.74 Å². The zero-order valence-electron chi connectivity index (χ0n) is 9.33. The Labute approximate surface area is 91.6 Å². The van der Waals surface area contributed by atoms with Crippen LogP contribution in [0, 0.1) is 5.92 Å². The second-order valence-electron chi connectivity index (χ2n) is 4.16. The minimum atomic E-state index is 0.833. The molecule has 0 spiro atoms. The average molecular weight is 205 g/mol. The molecule has 1 N–H and O–H groups in total. The molecule has 2 rings (SSSR count). The Bertz CT molecular complexity index is 290. The maximum Gasteiger partial charge on any atom is 0.119 e.